The number of quaternary nitrogens is 1. The third-order valence-electron chi connectivity index (χ3n) is 13.8. The molecule has 16 rings (SSSR count). The summed E-state index contributed by atoms with van der Waals surface area (Å²) in [6.07, 6.45) is 2.30. The number of pyridine rings is 2. The lowest BCUT2D eigenvalue weighted by molar-refractivity contribution is -1.01. The van der Waals surface area contributed by atoms with Crippen LogP contribution in [0.1, 0.15) is 22.3 Å². The predicted molar refractivity (Wildman–Crippen MR) is 214 cm³/mol. The Morgan fingerprint density at radius 3 is 2.07 bits per heavy atom. The van der Waals surface area contributed by atoms with Gasteiger partial charge in [0.2, 0.25) is 17.0 Å². The lowest BCUT2D eigenvalue weighted by atomic mass is 9.65. The van der Waals surface area contributed by atoms with Crippen LogP contribution in [0, 0.1) is 0 Å². The number of hydrogen-bond donors (Lipinski definition) is 0. The van der Waals surface area contributed by atoms with Gasteiger partial charge in [0, 0.05) is 32.0 Å². The highest BCUT2D eigenvalue weighted by Crippen LogP contribution is 2.67. The molecule has 0 bridgehead atoms. The lowest BCUT2D eigenvalue weighted by Crippen LogP contribution is -2.84. The number of para-hydroxylation sites is 4. The van der Waals surface area contributed by atoms with Gasteiger partial charge in [-0.25, -0.2) is 0 Å². The van der Waals surface area contributed by atoms with Gasteiger partial charge in [0.25, 0.3) is 5.69 Å². The van der Waals surface area contributed by atoms with Gasteiger partial charge >= 0.3 is 17.0 Å². The van der Waals surface area contributed by atoms with E-state index in [9.17, 15) is 0 Å². The summed E-state index contributed by atoms with van der Waals surface area (Å²) in [7, 11) is 0. The Labute approximate surface area is 312 Å². The number of imidazole rings is 1. The van der Waals surface area contributed by atoms with Crippen LogP contribution in [0.4, 0.5) is 11.4 Å². The maximum absolute atomic E-state index is 7.23. The van der Waals surface area contributed by atoms with E-state index in [1.807, 2.05) is 0 Å². The summed E-state index contributed by atoms with van der Waals surface area (Å²) in [5.74, 6) is 1.77. The Hall–Kier alpha value is -7.28. The molecule has 7 aromatic carbocycles. The first-order valence-corrected chi connectivity index (χ1v) is 19.1. The summed E-state index contributed by atoms with van der Waals surface area (Å²) in [5.41, 5.74) is 18.0. The molecule has 0 saturated heterocycles. The van der Waals surface area contributed by atoms with Gasteiger partial charge in [0.15, 0.2) is 22.8 Å². The minimum absolute atomic E-state index is 0.330. The van der Waals surface area contributed by atoms with Crippen molar-refractivity contribution in [3.8, 4) is 28.3 Å². The van der Waals surface area contributed by atoms with E-state index in [1.54, 1.807) is 0 Å². The Morgan fingerprint density at radius 1 is 0.509 bits per heavy atom. The van der Waals surface area contributed by atoms with Crippen LogP contribution in [0.15, 0.2) is 158 Å². The number of nitrogens with zero attached hydrogens (tertiary/aromatic N) is 5. The van der Waals surface area contributed by atoms with Crippen molar-refractivity contribution in [3.63, 3.8) is 0 Å². The van der Waals surface area contributed by atoms with Crippen molar-refractivity contribution in [2.24, 2.45) is 0 Å². The maximum atomic E-state index is 7.23. The van der Waals surface area contributed by atoms with Crippen molar-refractivity contribution < 1.29 is 14.1 Å². The number of ether oxygens (including phenoxy) is 1. The molecule has 0 fully saturated rings. The van der Waals surface area contributed by atoms with E-state index in [1.165, 1.54) is 99.4 Å². The smallest absolute Gasteiger partial charge is 0.358 e. The zero-order valence-electron chi connectivity index (χ0n) is 29.2. The highest BCUT2D eigenvalue weighted by molar-refractivity contribution is 6.20. The summed E-state index contributed by atoms with van der Waals surface area (Å²) < 4.78 is 17.8. The molecule has 0 N–H and O–H groups in total. The molecular formula is C49H26N5O+3. The number of aromatic nitrogens is 4. The second-order valence-corrected chi connectivity index (χ2v) is 15.8. The van der Waals surface area contributed by atoms with E-state index in [0.717, 1.165) is 22.9 Å². The van der Waals surface area contributed by atoms with Gasteiger partial charge in [0.05, 0.1) is 15.5 Å². The summed E-state index contributed by atoms with van der Waals surface area (Å²) >= 11 is 0. The topological polar surface area (TPSA) is 26.3 Å². The largest absolute Gasteiger partial charge is 0.444 e. The monoisotopic (exact) mass is 700 g/mol. The van der Waals surface area contributed by atoms with Crippen LogP contribution < -0.4 is 18.8 Å². The average Bonchev–Trinajstić information content (AvgIpc) is 3.96. The zero-order chi connectivity index (χ0) is 35.1. The molecule has 8 heterocycles. The number of benzene rings is 7. The van der Waals surface area contributed by atoms with E-state index in [0.29, 0.717) is 4.70 Å². The van der Waals surface area contributed by atoms with Crippen LogP contribution in [0.3, 0.4) is 0 Å². The van der Waals surface area contributed by atoms with Gasteiger partial charge in [0.1, 0.15) is 11.0 Å². The summed E-state index contributed by atoms with van der Waals surface area (Å²) in [4.78, 5) is 0. The van der Waals surface area contributed by atoms with Gasteiger partial charge in [-0.3, -0.25) is 0 Å². The molecular weight excluding hydrogens is 675 g/mol. The quantitative estimate of drug-likeness (QED) is 0.0879. The highest BCUT2D eigenvalue weighted by Gasteiger charge is 2.70. The molecule has 6 heteroatoms. The number of hydrogen-bond acceptors (Lipinski definition) is 1. The molecule has 55 heavy (non-hydrogen) atoms. The third kappa shape index (κ3) is 2.37. The van der Waals surface area contributed by atoms with Crippen molar-refractivity contribution in [1.29, 1.82) is 0 Å². The summed E-state index contributed by atoms with van der Waals surface area (Å²) in [5, 5.41) is 6.21. The Bertz CT molecular complexity index is 3730. The lowest BCUT2D eigenvalue weighted by Gasteiger charge is -2.41. The van der Waals surface area contributed by atoms with Gasteiger partial charge in [-0.15, -0.1) is 0 Å². The fourth-order valence-electron chi connectivity index (χ4n) is 12.2. The first-order chi connectivity index (χ1) is 27.3. The normalized spacial score (nSPS) is 17.8. The van der Waals surface area contributed by atoms with Gasteiger partial charge in [-0.2, -0.15) is 8.97 Å². The van der Waals surface area contributed by atoms with Gasteiger partial charge < -0.3 is 4.74 Å². The fourth-order valence-corrected chi connectivity index (χ4v) is 12.2. The van der Waals surface area contributed by atoms with Gasteiger partial charge in [-0.1, -0.05) is 91.0 Å². The first kappa shape index (κ1) is 26.5. The van der Waals surface area contributed by atoms with Crippen LogP contribution in [-0.4, -0.2) is 8.97 Å². The second-order valence-electron chi connectivity index (χ2n) is 15.8. The number of fused-ring (bicyclic) bond motifs is 14. The molecule has 1 atom stereocenters. The van der Waals surface area contributed by atoms with Crippen LogP contribution in [0.2, 0.25) is 0 Å². The van der Waals surface area contributed by atoms with Crippen molar-refractivity contribution in [3.05, 3.63) is 180 Å². The van der Waals surface area contributed by atoms with E-state index < -0.39 is 5.41 Å². The Balaban J connectivity index is 1.24. The van der Waals surface area contributed by atoms with E-state index in [4.69, 9.17) is 4.74 Å². The summed E-state index contributed by atoms with van der Waals surface area (Å²) in [6, 6.07) is 56.8. The highest BCUT2D eigenvalue weighted by atomic mass is 16.5. The first-order valence-electron chi connectivity index (χ1n) is 19.1. The van der Waals surface area contributed by atoms with Crippen LogP contribution in [0.25, 0.3) is 77.1 Å². The van der Waals surface area contributed by atoms with Crippen molar-refractivity contribution in [2.75, 3.05) is 0 Å². The molecule has 1 aliphatic carbocycles. The zero-order valence-corrected chi connectivity index (χ0v) is 29.2. The molecule has 4 aliphatic heterocycles. The van der Waals surface area contributed by atoms with Crippen LogP contribution in [-0.2, 0) is 5.41 Å². The molecule has 0 radical (unpaired) electrons. The maximum Gasteiger partial charge on any atom is 0.358 e. The molecule has 0 saturated carbocycles. The average molecular weight is 701 g/mol. The van der Waals surface area contributed by atoms with Crippen molar-refractivity contribution >= 4 is 71.7 Å². The molecule has 4 aromatic heterocycles. The van der Waals surface area contributed by atoms with E-state index >= 15 is 0 Å². The van der Waals surface area contributed by atoms with Gasteiger partial charge in [-0.05, 0) is 87.6 Å². The fraction of sp³-hybridized carbons (Fsp3) is 0.0204. The number of rotatable bonds is 0. The van der Waals surface area contributed by atoms with E-state index in [-0.39, 0.29) is 0 Å². The predicted octanol–water partition coefficient (Wildman–Crippen LogP) is 10.0. The second kappa shape index (κ2) is 8.11. The van der Waals surface area contributed by atoms with Crippen LogP contribution in [0.5, 0.6) is 11.5 Å². The molecule has 2 spiro atoms. The SMILES string of the molecule is c1ccc2c(c1)-c1ccccc1C21c2ccc3c4c2-n2c5c1cccc5c1ccc[n+](c12)[N+]41c2c(ccc4c5ccccc5n5c6ccccc6[n+]1c5c24)O3. The molecule has 5 aliphatic rings. The minimum atomic E-state index is -0.538. The Kier molecular flexibility index (Phi) is 3.91. The summed E-state index contributed by atoms with van der Waals surface area (Å²) in [6.45, 7) is 0. The molecule has 6 nitrogen and oxygen atoms in total. The minimum Gasteiger partial charge on any atom is -0.444 e. The third-order valence-corrected chi connectivity index (χ3v) is 13.8. The molecule has 0 amide bonds. The van der Waals surface area contributed by atoms with Crippen molar-refractivity contribution in [2.45, 2.75) is 5.41 Å². The Morgan fingerprint density at radius 2 is 1.20 bits per heavy atom. The van der Waals surface area contributed by atoms with E-state index in [2.05, 4.69) is 176 Å². The molecule has 250 valence electrons. The van der Waals surface area contributed by atoms with Crippen LogP contribution >= 0.6 is 0 Å². The molecule has 1 unspecified atom stereocenters. The standard InChI is InChI=1S/C49H26N5O/c1-4-16-33-27(11-1)28-12-2-5-17-34(28)49(33)35-18-9-14-31-32-15-10-26-50-47(32)52(43(31)35)44-36(49)23-25-41-46(44)54(50)45-40(55-41)24-22-30-29-13-3-6-19-37(29)51-38-20-7-8-21-39(38)53(54)48(51)42(30)45/h1-26H/q+3. The van der Waals surface area contributed by atoms with Crippen molar-refractivity contribution in [1.82, 2.24) is 13.7 Å². The molecule has 11 aromatic rings.